The number of pyridine rings is 1. The molecule has 0 amide bonds. The lowest BCUT2D eigenvalue weighted by Crippen LogP contribution is -2.30. The minimum absolute atomic E-state index is 0.284. The Morgan fingerprint density at radius 3 is 2.48 bits per heavy atom. The molecular weight excluding hydrogens is 336 g/mol. The predicted octanol–water partition coefficient (Wildman–Crippen LogP) is 3.17. The van der Waals surface area contributed by atoms with Gasteiger partial charge in [0.05, 0.1) is 16.3 Å². The molecule has 2 heterocycles. The highest BCUT2D eigenvalue weighted by molar-refractivity contribution is 7.89. The van der Waals surface area contributed by atoms with Crippen LogP contribution in [-0.2, 0) is 10.0 Å². The van der Waals surface area contributed by atoms with Crippen LogP contribution in [0.5, 0.6) is 0 Å². The fourth-order valence-corrected chi connectivity index (χ4v) is 4.17. The molecule has 0 fully saturated rings. The summed E-state index contributed by atoms with van der Waals surface area (Å²) in [5.74, 6) is 0. The summed E-state index contributed by atoms with van der Waals surface area (Å²) in [5.41, 5.74) is 3.20. The summed E-state index contributed by atoms with van der Waals surface area (Å²) in [4.78, 5) is 4.37. The zero-order valence-electron chi connectivity index (χ0n) is 14.2. The largest absolute Gasteiger partial charge is 0.277 e. The van der Waals surface area contributed by atoms with Crippen LogP contribution in [0.25, 0.3) is 22.5 Å². The molecule has 3 aromatic rings. The van der Waals surface area contributed by atoms with Gasteiger partial charge in [0, 0.05) is 36.6 Å². The van der Waals surface area contributed by atoms with Crippen LogP contribution in [0.1, 0.15) is 13.8 Å². The highest BCUT2D eigenvalue weighted by atomic mass is 32.2. The van der Waals surface area contributed by atoms with Crippen molar-refractivity contribution in [2.24, 2.45) is 0 Å². The quantitative estimate of drug-likeness (QED) is 0.736. The fourth-order valence-electron chi connectivity index (χ4n) is 2.67. The molecular formula is C18H20N4O2S. The van der Waals surface area contributed by atoms with Gasteiger partial charge in [0.25, 0.3) is 0 Å². The Bertz CT molecular complexity index is 948. The van der Waals surface area contributed by atoms with Crippen molar-refractivity contribution in [3.8, 4) is 22.5 Å². The first kappa shape index (κ1) is 17.3. The number of sulfonamides is 1. The molecule has 7 heteroatoms. The van der Waals surface area contributed by atoms with Gasteiger partial charge in [-0.25, -0.2) is 8.42 Å². The van der Waals surface area contributed by atoms with E-state index in [2.05, 4.69) is 15.2 Å². The zero-order chi connectivity index (χ0) is 17.9. The van der Waals surface area contributed by atoms with Crippen LogP contribution in [-0.4, -0.2) is 41.0 Å². The van der Waals surface area contributed by atoms with Crippen molar-refractivity contribution in [1.29, 1.82) is 0 Å². The predicted molar refractivity (Wildman–Crippen MR) is 97.4 cm³/mol. The molecule has 25 heavy (non-hydrogen) atoms. The summed E-state index contributed by atoms with van der Waals surface area (Å²) < 4.78 is 26.8. The molecule has 0 spiro atoms. The van der Waals surface area contributed by atoms with Gasteiger partial charge in [-0.05, 0) is 30.3 Å². The molecule has 0 radical (unpaired) electrons. The molecule has 0 atom stereocenters. The van der Waals surface area contributed by atoms with Crippen molar-refractivity contribution in [1.82, 2.24) is 19.5 Å². The third kappa shape index (κ3) is 3.47. The third-order valence-electron chi connectivity index (χ3n) is 4.02. The second-order valence-electron chi connectivity index (χ2n) is 5.53. The topological polar surface area (TPSA) is 79.0 Å². The minimum atomic E-state index is -3.49. The number of aromatic nitrogens is 3. The molecule has 0 aliphatic rings. The number of nitrogens with one attached hydrogen (secondary N) is 1. The van der Waals surface area contributed by atoms with E-state index in [-0.39, 0.29) is 4.90 Å². The molecule has 1 aromatic carbocycles. The van der Waals surface area contributed by atoms with E-state index in [1.807, 2.05) is 38.1 Å². The van der Waals surface area contributed by atoms with Crippen molar-refractivity contribution in [2.45, 2.75) is 18.7 Å². The highest BCUT2D eigenvalue weighted by Gasteiger charge is 2.22. The van der Waals surface area contributed by atoms with Crippen molar-refractivity contribution in [2.75, 3.05) is 13.1 Å². The smallest absolute Gasteiger partial charge is 0.243 e. The lowest BCUT2D eigenvalue weighted by Gasteiger charge is -2.18. The van der Waals surface area contributed by atoms with Crippen molar-refractivity contribution < 1.29 is 8.42 Å². The molecule has 1 N–H and O–H groups in total. The zero-order valence-corrected chi connectivity index (χ0v) is 15.0. The van der Waals surface area contributed by atoms with E-state index >= 15 is 0 Å². The Balaban J connectivity index is 1.97. The van der Waals surface area contributed by atoms with Gasteiger partial charge in [-0.1, -0.05) is 26.0 Å². The molecule has 0 aliphatic carbocycles. The minimum Gasteiger partial charge on any atom is -0.277 e. The SMILES string of the molecule is CCN(CC)S(=O)(=O)c1cccc(-c2cc(-c3cccnc3)n[nH]2)c1. The molecule has 2 aromatic heterocycles. The van der Waals surface area contributed by atoms with Crippen LogP contribution in [0.15, 0.2) is 59.8 Å². The third-order valence-corrected chi connectivity index (χ3v) is 6.07. The summed E-state index contributed by atoms with van der Waals surface area (Å²) in [6.45, 7) is 4.55. The summed E-state index contributed by atoms with van der Waals surface area (Å²) >= 11 is 0. The first-order chi connectivity index (χ1) is 12.1. The first-order valence-electron chi connectivity index (χ1n) is 8.12. The molecule has 3 rings (SSSR count). The number of hydrogen-bond donors (Lipinski definition) is 1. The highest BCUT2D eigenvalue weighted by Crippen LogP contribution is 2.26. The van der Waals surface area contributed by atoms with Crippen LogP contribution in [0, 0.1) is 0 Å². The van der Waals surface area contributed by atoms with Crippen molar-refractivity contribution in [3.63, 3.8) is 0 Å². The fraction of sp³-hybridized carbons (Fsp3) is 0.222. The number of aromatic amines is 1. The summed E-state index contributed by atoms with van der Waals surface area (Å²) in [6, 6.07) is 12.6. The second-order valence-corrected chi connectivity index (χ2v) is 7.46. The van der Waals surface area contributed by atoms with Gasteiger partial charge in [-0.2, -0.15) is 9.40 Å². The molecule has 0 unspecified atom stereocenters. The van der Waals surface area contributed by atoms with Gasteiger partial charge < -0.3 is 0 Å². The summed E-state index contributed by atoms with van der Waals surface area (Å²) in [7, 11) is -3.49. The van der Waals surface area contributed by atoms with Crippen LogP contribution in [0.2, 0.25) is 0 Å². The Morgan fingerprint density at radius 2 is 1.80 bits per heavy atom. The molecule has 6 nitrogen and oxygen atoms in total. The van der Waals surface area contributed by atoms with Crippen molar-refractivity contribution >= 4 is 10.0 Å². The molecule has 0 aliphatic heterocycles. The second kappa shape index (κ2) is 7.16. The van der Waals surface area contributed by atoms with Crippen molar-refractivity contribution in [3.05, 3.63) is 54.9 Å². The van der Waals surface area contributed by atoms with Gasteiger partial charge >= 0.3 is 0 Å². The average Bonchev–Trinajstić information content (AvgIpc) is 3.13. The summed E-state index contributed by atoms with van der Waals surface area (Å²) in [6.07, 6.45) is 3.44. The first-order valence-corrected chi connectivity index (χ1v) is 9.56. The Labute approximate surface area is 147 Å². The van der Waals surface area contributed by atoms with E-state index in [0.717, 1.165) is 22.5 Å². The van der Waals surface area contributed by atoms with E-state index in [1.165, 1.54) is 4.31 Å². The maximum atomic E-state index is 12.7. The maximum absolute atomic E-state index is 12.7. The molecule has 0 bridgehead atoms. The van der Waals surface area contributed by atoms with E-state index < -0.39 is 10.0 Å². The maximum Gasteiger partial charge on any atom is 0.243 e. The van der Waals surface area contributed by atoms with Crippen LogP contribution in [0.4, 0.5) is 0 Å². The van der Waals surface area contributed by atoms with Crippen LogP contribution in [0.3, 0.4) is 0 Å². The van der Waals surface area contributed by atoms with E-state index in [0.29, 0.717) is 13.1 Å². The van der Waals surface area contributed by atoms with Gasteiger partial charge in [0.2, 0.25) is 10.0 Å². The van der Waals surface area contributed by atoms with Gasteiger partial charge in [-0.3, -0.25) is 10.1 Å². The molecule has 0 saturated heterocycles. The monoisotopic (exact) mass is 356 g/mol. The average molecular weight is 356 g/mol. The lowest BCUT2D eigenvalue weighted by atomic mass is 10.1. The number of rotatable bonds is 6. The number of nitrogens with zero attached hydrogens (tertiary/aromatic N) is 3. The summed E-state index contributed by atoms with van der Waals surface area (Å²) in [5, 5.41) is 7.27. The lowest BCUT2D eigenvalue weighted by molar-refractivity contribution is 0.445. The Kier molecular flexibility index (Phi) is 4.96. The van der Waals surface area contributed by atoms with Gasteiger partial charge in [0.1, 0.15) is 0 Å². The van der Waals surface area contributed by atoms with Crippen LogP contribution >= 0.6 is 0 Å². The normalized spacial score (nSPS) is 11.8. The van der Waals surface area contributed by atoms with E-state index in [9.17, 15) is 8.42 Å². The number of hydrogen-bond acceptors (Lipinski definition) is 4. The molecule has 0 saturated carbocycles. The Hall–Kier alpha value is -2.51. The van der Waals surface area contributed by atoms with Crippen LogP contribution < -0.4 is 0 Å². The van der Waals surface area contributed by atoms with E-state index in [1.54, 1.807) is 30.6 Å². The number of H-pyrrole nitrogens is 1. The standard InChI is InChI=1S/C18H20N4O2S/c1-3-22(4-2)25(23,24)16-9-5-7-14(11-16)17-12-18(21-20-17)15-8-6-10-19-13-15/h5-13H,3-4H2,1-2H3,(H,20,21). The molecule has 130 valence electrons. The van der Waals surface area contributed by atoms with Gasteiger partial charge in [0.15, 0.2) is 0 Å². The van der Waals surface area contributed by atoms with Gasteiger partial charge in [-0.15, -0.1) is 0 Å². The van der Waals surface area contributed by atoms with E-state index in [4.69, 9.17) is 0 Å². The number of benzene rings is 1. The Morgan fingerprint density at radius 1 is 1.04 bits per heavy atom.